The normalized spacial score (nSPS) is 13.4. The lowest BCUT2D eigenvalue weighted by molar-refractivity contribution is 0.0885. The number of benzene rings is 1. The number of carbonyl (C=O) groups is 1. The van der Waals surface area contributed by atoms with E-state index in [0.717, 1.165) is 10.9 Å². The smallest absolute Gasteiger partial charge is 0.251 e. The second kappa shape index (κ2) is 5.67. The molecule has 1 heterocycles. The molecule has 1 aromatic heterocycles. The molecule has 20 heavy (non-hydrogen) atoms. The molecule has 0 bridgehead atoms. The van der Waals surface area contributed by atoms with Gasteiger partial charge in [0.05, 0.1) is 0 Å². The highest BCUT2D eigenvalue weighted by atomic mass is 16.3. The van der Waals surface area contributed by atoms with Crippen molar-refractivity contribution in [3.05, 3.63) is 36.0 Å². The summed E-state index contributed by atoms with van der Waals surface area (Å²) in [7, 11) is 0. The minimum Gasteiger partial charge on any atom is -0.396 e. The minimum absolute atomic E-state index is 0.0562. The van der Waals surface area contributed by atoms with E-state index in [4.69, 9.17) is 5.11 Å². The topological polar surface area (TPSA) is 65.1 Å². The average Bonchev–Trinajstić information content (AvgIpc) is 2.84. The second-order valence-electron chi connectivity index (χ2n) is 6.18. The Bertz CT molecular complexity index is 596. The number of carbonyl (C=O) groups excluding carboxylic acids is 1. The molecule has 1 aromatic carbocycles. The van der Waals surface area contributed by atoms with Gasteiger partial charge in [-0.3, -0.25) is 4.79 Å². The van der Waals surface area contributed by atoms with Gasteiger partial charge < -0.3 is 15.4 Å². The van der Waals surface area contributed by atoms with Gasteiger partial charge in [-0.2, -0.15) is 0 Å². The number of aromatic amines is 1. The van der Waals surface area contributed by atoms with Gasteiger partial charge in [0.1, 0.15) is 0 Å². The summed E-state index contributed by atoms with van der Waals surface area (Å²) in [5.41, 5.74) is 1.49. The van der Waals surface area contributed by atoms with Crippen LogP contribution in [0.15, 0.2) is 30.5 Å². The summed E-state index contributed by atoms with van der Waals surface area (Å²) in [5.74, 6) is -0.102. The van der Waals surface area contributed by atoms with E-state index in [2.05, 4.69) is 31.1 Å². The van der Waals surface area contributed by atoms with Gasteiger partial charge in [0.15, 0.2) is 0 Å². The molecule has 2 aromatic rings. The molecule has 3 N–H and O–H groups in total. The lowest BCUT2D eigenvalue weighted by Crippen LogP contribution is -2.44. The first kappa shape index (κ1) is 14.6. The van der Waals surface area contributed by atoms with Gasteiger partial charge in [-0.15, -0.1) is 0 Å². The molecule has 0 aliphatic heterocycles. The molecule has 2 rings (SSSR count). The van der Waals surface area contributed by atoms with Gasteiger partial charge in [-0.1, -0.05) is 26.8 Å². The quantitative estimate of drug-likeness (QED) is 0.802. The lowest BCUT2D eigenvalue weighted by atomic mass is 9.84. The number of hydrogen-bond donors (Lipinski definition) is 3. The van der Waals surface area contributed by atoms with Crippen LogP contribution in [-0.2, 0) is 0 Å². The third kappa shape index (κ3) is 3.20. The summed E-state index contributed by atoms with van der Waals surface area (Å²) in [4.78, 5) is 15.4. The summed E-state index contributed by atoms with van der Waals surface area (Å²) in [5, 5.41) is 13.2. The molecule has 4 heteroatoms. The molecule has 0 spiro atoms. The number of aliphatic hydroxyl groups is 1. The number of hydrogen-bond acceptors (Lipinski definition) is 2. The molecule has 1 unspecified atom stereocenters. The number of aromatic nitrogens is 1. The van der Waals surface area contributed by atoms with Gasteiger partial charge in [0.2, 0.25) is 0 Å². The van der Waals surface area contributed by atoms with Gasteiger partial charge in [-0.25, -0.2) is 0 Å². The fourth-order valence-electron chi connectivity index (χ4n) is 2.28. The van der Waals surface area contributed by atoms with Crippen LogP contribution >= 0.6 is 0 Å². The highest BCUT2D eigenvalue weighted by Crippen LogP contribution is 2.22. The van der Waals surface area contributed by atoms with Gasteiger partial charge in [-0.05, 0) is 35.4 Å². The molecule has 0 aliphatic rings. The number of fused-ring (bicyclic) bond motifs is 1. The molecule has 0 aliphatic carbocycles. The average molecular weight is 274 g/mol. The van der Waals surface area contributed by atoms with E-state index in [-0.39, 0.29) is 24.0 Å². The van der Waals surface area contributed by atoms with Crippen LogP contribution in [0.2, 0.25) is 0 Å². The summed E-state index contributed by atoms with van der Waals surface area (Å²) in [6.45, 7) is 6.24. The molecule has 0 fully saturated rings. The summed E-state index contributed by atoms with van der Waals surface area (Å²) in [6, 6.07) is 7.52. The fraction of sp³-hybridized carbons (Fsp3) is 0.438. The van der Waals surface area contributed by atoms with Crippen molar-refractivity contribution in [1.29, 1.82) is 0 Å². The molecule has 108 valence electrons. The predicted molar refractivity (Wildman–Crippen MR) is 80.7 cm³/mol. The maximum Gasteiger partial charge on any atom is 0.251 e. The maximum atomic E-state index is 12.3. The minimum atomic E-state index is -0.102. The second-order valence-corrected chi connectivity index (χ2v) is 6.18. The van der Waals surface area contributed by atoms with Gasteiger partial charge in [0, 0.05) is 29.9 Å². The first-order valence-electron chi connectivity index (χ1n) is 6.90. The predicted octanol–water partition coefficient (Wildman–Crippen LogP) is 2.69. The summed E-state index contributed by atoms with van der Waals surface area (Å²) >= 11 is 0. The van der Waals surface area contributed by atoms with E-state index in [1.54, 1.807) is 0 Å². The molecular weight excluding hydrogens is 252 g/mol. The Labute approximate surface area is 119 Å². The highest BCUT2D eigenvalue weighted by Gasteiger charge is 2.26. The molecule has 4 nitrogen and oxygen atoms in total. The third-order valence-corrected chi connectivity index (χ3v) is 3.59. The molecule has 1 amide bonds. The number of rotatable bonds is 4. The van der Waals surface area contributed by atoms with E-state index in [1.165, 1.54) is 0 Å². The Morgan fingerprint density at radius 1 is 1.35 bits per heavy atom. The van der Waals surface area contributed by atoms with Crippen LogP contribution in [0, 0.1) is 5.41 Å². The van der Waals surface area contributed by atoms with Crippen LogP contribution in [0.5, 0.6) is 0 Å². The van der Waals surface area contributed by atoms with Crippen LogP contribution in [0.4, 0.5) is 0 Å². The molecule has 0 radical (unpaired) electrons. The Kier molecular flexibility index (Phi) is 4.14. The molecular formula is C16H22N2O2. The first-order chi connectivity index (χ1) is 9.41. The van der Waals surface area contributed by atoms with Crippen molar-refractivity contribution in [1.82, 2.24) is 10.3 Å². The summed E-state index contributed by atoms with van der Waals surface area (Å²) in [6.07, 6.45) is 2.41. The van der Waals surface area contributed by atoms with Crippen molar-refractivity contribution in [3.63, 3.8) is 0 Å². The molecule has 0 saturated heterocycles. The largest absolute Gasteiger partial charge is 0.396 e. The van der Waals surface area contributed by atoms with E-state index in [0.29, 0.717) is 12.0 Å². The standard InChI is InChI=1S/C16H22N2O2/c1-16(2,3)14(7-9-19)18-15(20)12-5-4-11-6-8-17-13(11)10-12/h4-6,8,10,14,17,19H,7,9H2,1-3H3,(H,18,20). The van der Waals surface area contributed by atoms with E-state index >= 15 is 0 Å². The Balaban J connectivity index is 2.17. The van der Waals surface area contributed by atoms with Crippen LogP contribution in [0.25, 0.3) is 10.9 Å². The Morgan fingerprint density at radius 3 is 2.75 bits per heavy atom. The lowest BCUT2D eigenvalue weighted by Gasteiger charge is -2.31. The van der Waals surface area contributed by atoms with Crippen molar-refractivity contribution in [2.24, 2.45) is 5.41 Å². The van der Waals surface area contributed by atoms with Crippen molar-refractivity contribution in [3.8, 4) is 0 Å². The zero-order valence-electron chi connectivity index (χ0n) is 12.2. The van der Waals surface area contributed by atoms with E-state index in [1.807, 2.05) is 30.5 Å². The van der Waals surface area contributed by atoms with Crippen molar-refractivity contribution in [2.45, 2.75) is 33.2 Å². The highest BCUT2D eigenvalue weighted by molar-refractivity contribution is 5.98. The van der Waals surface area contributed by atoms with Crippen LogP contribution in [-0.4, -0.2) is 28.6 Å². The van der Waals surface area contributed by atoms with Crippen LogP contribution in [0.3, 0.4) is 0 Å². The number of H-pyrrole nitrogens is 1. The number of aliphatic hydroxyl groups excluding tert-OH is 1. The molecule has 1 atom stereocenters. The maximum absolute atomic E-state index is 12.3. The first-order valence-corrected chi connectivity index (χ1v) is 6.90. The number of amides is 1. The monoisotopic (exact) mass is 274 g/mol. The van der Waals surface area contributed by atoms with E-state index in [9.17, 15) is 4.79 Å². The van der Waals surface area contributed by atoms with Crippen molar-refractivity contribution in [2.75, 3.05) is 6.61 Å². The zero-order valence-corrected chi connectivity index (χ0v) is 12.2. The summed E-state index contributed by atoms with van der Waals surface area (Å²) < 4.78 is 0. The van der Waals surface area contributed by atoms with E-state index < -0.39 is 0 Å². The van der Waals surface area contributed by atoms with Crippen molar-refractivity contribution < 1.29 is 9.90 Å². The SMILES string of the molecule is CC(C)(C)C(CCO)NC(=O)c1ccc2cc[nH]c2c1. The van der Waals surface area contributed by atoms with Crippen LogP contribution < -0.4 is 5.32 Å². The van der Waals surface area contributed by atoms with Crippen LogP contribution in [0.1, 0.15) is 37.6 Å². The number of nitrogens with one attached hydrogen (secondary N) is 2. The van der Waals surface area contributed by atoms with Crippen molar-refractivity contribution >= 4 is 16.8 Å². The fourth-order valence-corrected chi connectivity index (χ4v) is 2.28. The molecule has 0 saturated carbocycles. The zero-order chi connectivity index (χ0) is 14.8. The Hall–Kier alpha value is -1.81. The van der Waals surface area contributed by atoms with Gasteiger partial charge in [0.25, 0.3) is 5.91 Å². The third-order valence-electron chi connectivity index (χ3n) is 3.59. The van der Waals surface area contributed by atoms with Gasteiger partial charge >= 0.3 is 0 Å². The Morgan fingerprint density at radius 2 is 2.10 bits per heavy atom.